The Kier molecular flexibility index (Phi) is 26.1. The smallest absolute Gasteiger partial charge is 0.421 e. The van der Waals surface area contributed by atoms with Gasteiger partial charge in [-0.1, -0.05) is 13.8 Å². The predicted octanol–water partition coefficient (Wildman–Crippen LogP) is 4.67. The summed E-state index contributed by atoms with van der Waals surface area (Å²) in [6.07, 6.45) is 0.698. The highest BCUT2D eigenvalue weighted by atomic mass is 127. The van der Waals surface area contributed by atoms with E-state index >= 15 is 0 Å². The van der Waals surface area contributed by atoms with Crippen LogP contribution in [0.2, 0.25) is 0 Å². The number of ether oxygens (including phenoxy) is 3. The number of Topliss-reactive ketones (excluding diaryl/α,β-unsaturated/α-hetero) is 1. The third-order valence-electron chi connectivity index (χ3n) is 7.92. The fraction of sp³-hybridized carbons (Fsp3) is 0.275. The summed E-state index contributed by atoms with van der Waals surface area (Å²) in [5.41, 5.74) is 14.9. The fourth-order valence-corrected chi connectivity index (χ4v) is 6.69. The summed E-state index contributed by atoms with van der Waals surface area (Å²) in [6.45, 7) is 11.8. The second-order valence-electron chi connectivity index (χ2n) is 12.0. The minimum atomic E-state index is -2.36. The molecule has 8 N–H and O–H groups in total. The number of nitrogens with zero attached hydrogens (tertiary/aromatic N) is 4. The Morgan fingerprint density at radius 3 is 1.91 bits per heavy atom. The molecule has 348 valence electrons. The van der Waals surface area contributed by atoms with Crippen molar-refractivity contribution in [2.45, 2.75) is 40.2 Å². The van der Waals surface area contributed by atoms with Crippen LogP contribution >= 0.6 is 79.5 Å². The first kappa shape index (κ1) is 57.8. The molecule has 2 amide bonds. The number of aromatic amines is 1. The molecule has 0 saturated carbocycles. The number of benzene rings is 3. The Bertz CT molecular complexity index is 2550. The molecule has 4 aromatic rings. The number of pyridine rings is 1. The van der Waals surface area contributed by atoms with Gasteiger partial charge in [0, 0.05) is 32.9 Å². The molecule has 25 heteroatoms. The molecular weight excluding hydrogens is 1210 g/mol. The molecule has 1 aromatic heterocycles. The SMILES string of the molecule is CCNCC.CCOC(=O)C(=[N+]=[N-])C1(O)C(=O)Nc2ccc(I)cc21.CCOC(=O)C=[N+]=[N-].CCOC(=O)c1c(O)c(=O)[nH]c2ccc(I)cc12.NCl.O=C1Nc2ccc(I)cc2C1=O. The van der Waals surface area contributed by atoms with Crippen molar-refractivity contribution in [1.29, 1.82) is 0 Å². The molecule has 0 fully saturated rings. The molecule has 0 saturated heterocycles. The molecule has 2 aliphatic rings. The average Bonchev–Trinajstić information content (AvgIpc) is 3.69. The van der Waals surface area contributed by atoms with Crippen LogP contribution in [-0.2, 0) is 39.0 Å². The number of aromatic hydroxyl groups is 1. The number of ketones is 1. The number of hydrogen-bond donors (Lipinski definition) is 7. The number of fused-ring (bicyclic) bond motifs is 3. The van der Waals surface area contributed by atoms with Crippen molar-refractivity contribution in [3.8, 4) is 5.75 Å². The number of aromatic nitrogens is 1. The number of nitrogens with one attached hydrogen (secondary N) is 4. The molecule has 1 atom stereocenters. The lowest BCUT2D eigenvalue weighted by Crippen LogP contribution is -2.47. The summed E-state index contributed by atoms with van der Waals surface area (Å²) in [7, 11) is 0. The zero-order valence-electron chi connectivity index (χ0n) is 35.2. The molecule has 2 aliphatic heterocycles. The molecule has 6 rings (SSSR count). The van der Waals surface area contributed by atoms with E-state index in [9.17, 15) is 43.8 Å². The molecular formula is C40H43ClI3N9O12. The lowest BCUT2D eigenvalue weighted by Gasteiger charge is -2.14. The number of anilines is 2. The van der Waals surface area contributed by atoms with Crippen LogP contribution in [-0.4, -0.2) is 105 Å². The third kappa shape index (κ3) is 16.3. The minimum Gasteiger partial charge on any atom is -0.502 e. The van der Waals surface area contributed by atoms with Gasteiger partial charge >= 0.3 is 29.8 Å². The third-order valence-corrected chi connectivity index (χ3v) is 9.93. The van der Waals surface area contributed by atoms with Gasteiger partial charge in [0.15, 0.2) is 5.75 Å². The first-order valence-corrected chi connectivity index (χ1v) is 22.4. The summed E-state index contributed by atoms with van der Waals surface area (Å²) in [4.78, 5) is 87.0. The predicted molar refractivity (Wildman–Crippen MR) is 265 cm³/mol. The maximum atomic E-state index is 12.0. The molecule has 65 heavy (non-hydrogen) atoms. The van der Waals surface area contributed by atoms with E-state index in [1.165, 1.54) is 6.07 Å². The highest BCUT2D eigenvalue weighted by molar-refractivity contribution is 14.1. The first-order valence-electron chi connectivity index (χ1n) is 18.8. The number of carbonyl (C=O) groups excluding carboxylic acids is 6. The topological polar surface area (TPSA) is 338 Å². The number of amides is 2. The van der Waals surface area contributed by atoms with Crippen molar-refractivity contribution >= 4 is 149 Å². The van der Waals surface area contributed by atoms with Crippen molar-refractivity contribution in [2.24, 2.45) is 5.25 Å². The highest BCUT2D eigenvalue weighted by Gasteiger charge is 2.59. The number of hydrogen-bond acceptors (Lipinski definition) is 14. The van der Waals surface area contributed by atoms with Crippen molar-refractivity contribution in [2.75, 3.05) is 43.5 Å². The van der Waals surface area contributed by atoms with Crippen LogP contribution < -0.4 is 26.8 Å². The van der Waals surface area contributed by atoms with E-state index in [2.05, 4.69) is 111 Å². The number of aliphatic hydroxyl groups is 1. The average molecular weight is 1260 g/mol. The van der Waals surface area contributed by atoms with E-state index in [1.54, 1.807) is 63.2 Å². The number of rotatable bonds is 9. The van der Waals surface area contributed by atoms with Crippen LogP contribution in [0.4, 0.5) is 11.4 Å². The summed E-state index contributed by atoms with van der Waals surface area (Å²) in [5, 5.41) is 32.8. The minimum absolute atomic E-state index is 0.0226. The summed E-state index contributed by atoms with van der Waals surface area (Å²) in [6, 6.07) is 15.3. The summed E-state index contributed by atoms with van der Waals surface area (Å²) < 4.78 is 16.5. The van der Waals surface area contributed by atoms with Crippen LogP contribution in [0.15, 0.2) is 59.4 Å². The fourth-order valence-electron chi connectivity index (χ4n) is 5.21. The van der Waals surface area contributed by atoms with Crippen LogP contribution in [0.3, 0.4) is 0 Å². The van der Waals surface area contributed by atoms with Gasteiger partial charge in [-0.25, -0.2) is 19.6 Å². The van der Waals surface area contributed by atoms with E-state index in [0.717, 1.165) is 23.8 Å². The number of H-pyrrole nitrogens is 1. The zero-order valence-corrected chi connectivity index (χ0v) is 42.4. The Labute approximate surface area is 417 Å². The Morgan fingerprint density at radius 2 is 1.37 bits per heavy atom. The molecule has 3 aromatic carbocycles. The monoisotopic (exact) mass is 1260 g/mol. The number of halogens is 4. The highest BCUT2D eigenvalue weighted by Crippen LogP contribution is 2.38. The number of nitrogens with two attached hydrogens (primary N) is 1. The van der Waals surface area contributed by atoms with Gasteiger partial charge in [0.05, 0.1) is 31.1 Å². The van der Waals surface area contributed by atoms with Crippen molar-refractivity contribution in [1.82, 2.24) is 10.3 Å². The van der Waals surface area contributed by atoms with Crippen LogP contribution in [0.5, 0.6) is 5.75 Å². The van der Waals surface area contributed by atoms with E-state index in [0.29, 0.717) is 40.7 Å². The summed E-state index contributed by atoms with van der Waals surface area (Å²) >= 11 is 10.3. The van der Waals surface area contributed by atoms with E-state index in [1.807, 2.05) is 28.7 Å². The molecule has 0 aliphatic carbocycles. The number of esters is 3. The zero-order chi connectivity index (χ0) is 49.4. The van der Waals surface area contributed by atoms with Gasteiger partial charge in [-0.05, 0) is 168 Å². The van der Waals surface area contributed by atoms with Gasteiger partial charge in [0.2, 0.25) is 0 Å². The van der Waals surface area contributed by atoms with Gasteiger partial charge in [0.25, 0.3) is 28.8 Å². The normalized spacial score (nSPS) is 13.3. The van der Waals surface area contributed by atoms with Crippen molar-refractivity contribution in [3.63, 3.8) is 0 Å². The van der Waals surface area contributed by atoms with Crippen LogP contribution in [0.25, 0.3) is 22.0 Å². The number of carbonyl (C=O) groups is 6. The van der Waals surface area contributed by atoms with Gasteiger partial charge in [-0.3, -0.25) is 19.2 Å². The van der Waals surface area contributed by atoms with Gasteiger partial charge in [-0.15, -0.1) is 0 Å². The maximum absolute atomic E-state index is 12.0. The Balaban J connectivity index is 0.000000430. The first-order chi connectivity index (χ1) is 30.9. The van der Waals surface area contributed by atoms with Gasteiger partial charge in [-0.2, -0.15) is 9.58 Å². The quantitative estimate of drug-likeness (QED) is 0.0175. The molecule has 0 radical (unpaired) electrons. The molecule has 3 heterocycles. The lowest BCUT2D eigenvalue weighted by molar-refractivity contribution is -0.147. The second kappa shape index (κ2) is 29.4. The largest absolute Gasteiger partial charge is 0.502 e. The van der Waals surface area contributed by atoms with E-state index in [4.69, 9.17) is 20.5 Å². The Morgan fingerprint density at radius 1 is 0.815 bits per heavy atom. The van der Waals surface area contributed by atoms with E-state index in [-0.39, 0.29) is 24.3 Å². The summed E-state index contributed by atoms with van der Waals surface area (Å²) in [5.74, 6) is -4.84. The van der Waals surface area contributed by atoms with E-state index < -0.39 is 58.1 Å². The standard InChI is InChI=1S/C12H10IN3O4.C12H10INO4.C8H4INO2.C4H6N2O2.C4H11N.ClH2N/c1-2-20-10(17)9(16-14)12(19)7-5-6(13)3-4-8(7)15-11(12)18;1-2-18-12(17)9-7-5-6(13)3-4-8(7)14-11(16)10(9)15;9-4-1-2-6-5(3-4)7(11)8(12)10-6;1-2-8-4(7)3-6-5;1-3-5-4-2;1-2/h3-5,19H,2H2,1H3,(H,15,18);3-5,15H,2H2,1H3,(H,14,16);1-3H,(H,10,11,12);3H,2H2,1H3;5H,3-4H2,1-2H3;2H2. The van der Waals surface area contributed by atoms with Gasteiger partial charge < -0.3 is 56.4 Å². The van der Waals surface area contributed by atoms with Crippen LogP contribution in [0.1, 0.15) is 60.9 Å². The van der Waals surface area contributed by atoms with Crippen molar-refractivity contribution < 1.29 is 62.8 Å². The lowest BCUT2D eigenvalue weighted by atomic mass is 9.90. The van der Waals surface area contributed by atoms with Gasteiger partial charge in [0.1, 0.15) is 5.56 Å². The molecule has 0 bridgehead atoms. The van der Waals surface area contributed by atoms with Crippen LogP contribution in [0, 0.1) is 10.7 Å². The Hall–Kier alpha value is -5.19. The van der Waals surface area contributed by atoms with Crippen molar-refractivity contribution in [3.05, 3.63) is 103 Å². The molecule has 21 nitrogen and oxygen atoms in total. The maximum Gasteiger partial charge on any atom is 0.421 e. The second-order valence-corrected chi connectivity index (χ2v) is 15.8. The molecule has 0 spiro atoms. The molecule has 1 unspecified atom stereocenters.